The van der Waals surface area contributed by atoms with Crippen molar-refractivity contribution < 1.29 is 0 Å². The Kier molecular flexibility index (Phi) is 2.51. The summed E-state index contributed by atoms with van der Waals surface area (Å²) in [5, 5.41) is 0. The van der Waals surface area contributed by atoms with Gasteiger partial charge < -0.3 is 0 Å². The van der Waals surface area contributed by atoms with Crippen molar-refractivity contribution in [2.75, 3.05) is 0 Å². The van der Waals surface area contributed by atoms with Crippen molar-refractivity contribution in [1.29, 1.82) is 0 Å². The lowest BCUT2D eigenvalue weighted by atomic mass is 9.84. The van der Waals surface area contributed by atoms with Crippen LogP contribution in [0.4, 0.5) is 0 Å². The van der Waals surface area contributed by atoms with Crippen molar-refractivity contribution >= 4 is 0 Å². The Bertz CT molecular complexity index is 507. The molecule has 0 spiro atoms. The molecular weight excluding hydrogens is 204 g/mol. The van der Waals surface area contributed by atoms with Crippen molar-refractivity contribution in [2.45, 2.75) is 31.6 Å². The Hall–Kier alpha value is -1.56. The lowest BCUT2D eigenvalue weighted by molar-refractivity contribution is 0.826. The summed E-state index contributed by atoms with van der Waals surface area (Å²) in [6.45, 7) is 2.25. The molecule has 1 saturated carbocycles. The molecule has 0 radical (unpaired) electrons. The van der Waals surface area contributed by atoms with Crippen LogP contribution in [0.25, 0.3) is 0 Å². The highest BCUT2D eigenvalue weighted by molar-refractivity contribution is 5.48. The van der Waals surface area contributed by atoms with Crippen molar-refractivity contribution in [3.05, 3.63) is 71.3 Å². The second-order valence-corrected chi connectivity index (χ2v) is 4.96. The second kappa shape index (κ2) is 4.03. The fourth-order valence-corrected chi connectivity index (χ4v) is 2.89. The molecule has 1 aliphatic carbocycles. The zero-order valence-electron chi connectivity index (χ0n) is 10.3. The average molecular weight is 222 g/mol. The highest BCUT2D eigenvalue weighted by Crippen LogP contribution is 2.54. The van der Waals surface area contributed by atoms with Gasteiger partial charge in [0.05, 0.1) is 0 Å². The van der Waals surface area contributed by atoms with E-state index >= 15 is 0 Å². The molecule has 0 N–H and O–H groups in total. The van der Waals surface area contributed by atoms with Gasteiger partial charge in [-0.2, -0.15) is 0 Å². The SMILES string of the molecule is CCc1ccccc1C1(c2ccccc2)CC1. The summed E-state index contributed by atoms with van der Waals surface area (Å²) in [4.78, 5) is 0. The molecule has 0 saturated heterocycles. The van der Waals surface area contributed by atoms with E-state index in [1.807, 2.05) is 0 Å². The first-order chi connectivity index (χ1) is 8.37. The van der Waals surface area contributed by atoms with Gasteiger partial charge in [-0.05, 0) is 36.0 Å². The summed E-state index contributed by atoms with van der Waals surface area (Å²) in [6, 6.07) is 19.9. The number of hydrogen-bond donors (Lipinski definition) is 0. The minimum absolute atomic E-state index is 0.327. The Morgan fingerprint density at radius 1 is 0.882 bits per heavy atom. The van der Waals surface area contributed by atoms with E-state index in [0.717, 1.165) is 6.42 Å². The van der Waals surface area contributed by atoms with Crippen molar-refractivity contribution in [1.82, 2.24) is 0 Å². The first-order valence-electron chi connectivity index (χ1n) is 6.51. The van der Waals surface area contributed by atoms with Gasteiger partial charge in [0.2, 0.25) is 0 Å². The lowest BCUT2D eigenvalue weighted by Crippen LogP contribution is -2.11. The standard InChI is InChI=1S/C17H18/c1-2-14-8-6-7-11-16(14)17(12-13-17)15-9-4-3-5-10-15/h3-11H,2,12-13H2,1H3. The van der Waals surface area contributed by atoms with Crippen molar-refractivity contribution in [3.63, 3.8) is 0 Å². The maximum atomic E-state index is 2.32. The number of rotatable bonds is 3. The molecule has 0 heteroatoms. The van der Waals surface area contributed by atoms with E-state index in [0.29, 0.717) is 5.41 Å². The molecule has 0 heterocycles. The number of hydrogen-bond acceptors (Lipinski definition) is 0. The largest absolute Gasteiger partial charge is 0.0622 e. The molecule has 0 aromatic heterocycles. The van der Waals surface area contributed by atoms with Gasteiger partial charge in [0.25, 0.3) is 0 Å². The van der Waals surface area contributed by atoms with Crippen LogP contribution in [0.5, 0.6) is 0 Å². The van der Waals surface area contributed by atoms with Crippen molar-refractivity contribution in [2.24, 2.45) is 0 Å². The molecule has 0 unspecified atom stereocenters. The Labute approximate surface area is 103 Å². The minimum Gasteiger partial charge on any atom is -0.0622 e. The van der Waals surface area contributed by atoms with Gasteiger partial charge in [-0.1, -0.05) is 61.5 Å². The zero-order chi connectivity index (χ0) is 11.7. The summed E-state index contributed by atoms with van der Waals surface area (Å²) in [7, 11) is 0. The molecule has 86 valence electrons. The Morgan fingerprint density at radius 2 is 1.53 bits per heavy atom. The molecule has 2 aromatic carbocycles. The van der Waals surface area contributed by atoms with E-state index in [2.05, 4.69) is 61.5 Å². The average Bonchev–Trinajstić information content (AvgIpc) is 3.21. The molecule has 1 fully saturated rings. The molecular formula is C17H18. The highest BCUT2D eigenvalue weighted by atomic mass is 14.5. The van der Waals surface area contributed by atoms with Gasteiger partial charge in [-0.15, -0.1) is 0 Å². The van der Waals surface area contributed by atoms with Crippen LogP contribution in [0, 0.1) is 0 Å². The van der Waals surface area contributed by atoms with E-state index in [1.54, 1.807) is 5.56 Å². The van der Waals surface area contributed by atoms with Gasteiger partial charge >= 0.3 is 0 Å². The monoisotopic (exact) mass is 222 g/mol. The third-order valence-electron chi connectivity index (χ3n) is 3.99. The first-order valence-corrected chi connectivity index (χ1v) is 6.51. The van der Waals surface area contributed by atoms with Crippen LogP contribution in [0.2, 0.25) is 0 Å². The van der Waals surface area contributed by atoms with E-state index in [-0.39, 0.29) is 0 Å². The van der Waals surface area contributed by atoms with Gasteiger partial charge in [0.15, 0.2) is 0 Å². The molecule has 0 atom stereocenters. The van der Waals surface area contributed by atoms with Gasteiger partial charge in [-0.25, -0.2) is 0 Å². The summed E-state index contributed by atoms with van der Waals surface area (Å²) in [6.07, 6.45) is 3.73. The molecule has 2 aromatic rings. The quantitative estimate of drug-likeness (QED) is 0.725. The Balaban J connectivity index is 2.10. The first kappa shape index (κ1) is 10.6. The fraction of sp³-hybridized carbons (Fsp3) is 0.294. The molecule has 0 nitrogen and oxygen atoms in total. The van der Waals surface area contributed by atoms with Crippen LogP contribution < -0.4 is 0 Å². The number of aryl methyl sites for hydroxylation is 1. The summed E-state index contributed by atoms with van der Waals surface area (Å²) in [5.41, 5.74) is 4.87. The maximum Gasteiger partial charge on any atom is 0.0206 e. The summed E-state index contributed by atoms with van der Waals surface area (Å²) >= 11 is 0. The minimum atomic E-state index is 0.327. The van der Waals surface area contributed by atoms with E-state index in [9.17, 15) is 0 Å². The molecule has 0 bridgehead atoms. The molecule has 0 aliphatic heterocycles. The van der Waals surface area contributed by atoms with Crippen LogP contribution in [0.3, 0.4) is 0 Å². The van der Waals surface area contributed by atoms with E-state index in [1.165, 1.54) is 24.0 Å². The van der Waals surface area contributed by atoms with Crippen LogP contribution in [-0.2, 0) is 11.8 Å². The van der Waals surface area contributed by atoms with E-state index in [4.69, 9.17) is 0 Å². The van der Waals surface area contributed by atoms with Gasteiger partial charge in [-0.3, -0.25) is 0 Å². The van der Waals surface area contributed by atoms with Crippen LogP contribution in [0.15, 0.2) is 54.6 Å². The molecule has 3 rings (SSSR count). The zero-order valence-corrected chi connectivity index (χ0v) is 10.3. The molecule has 17 heavy (non-hydrogen) atoms. The second-order valence-electron chi connectivity index (χ2n) is 4.96. The van der Waals surface area contributed by atoms with Crippen LogP contribution >= 0.6 is 0 Å². The van der Waals surface area contributed by atoms with Gasteiger partial charge in [0.1, 0.15) is 0 Å². The van der Waals surface area contributed by atoms with Crippen LogP contribution in [-0.4, -0.2) is 0 Å². The highest BCUT2D eigenvalue weighted by Gasteiger charge is 2.46. The topological polar surface area (TPSA) is 0 Å². The maximum absolute atomic E-state index is 2.32. The van der Waals surface area contributed by atoms with Crippen molar-refractivity contribution in [3.8, 4) is 0 Å². The normalized spacial score (nSPS) is 16.8. The molecule has 0 amide bonds. The Morgan fingerprint density at radius 3 is 2.18 bits per heavy atom. The predicted octanol–water partition coefficient (Wildman–Crippen LogP) is 4.33. The fourth-order valence-electron chi connectivity index (χ4n) is 2.89. The summed E-state index contributed by atoms with van der Waals surface area (Å²) in [5.74, 6) is 0. The third kappa shape index (κ3) is 1.68. The lowest BCUT2D eigenvalue weighted by Gasteiger charge is -2.19. The third-order valence-corrected chi connectivity index (χ3v) is 3.99. The van der Waals surface area contributed by atoms with Crippen LogP contribution in [0.1, 0.15) is 36.5 Å². The smallest absolute Gasteiger partial charge is 0.0206 e. The number of benzene rings is 2. The van der Waals surface area contributed by atoms with E-state index < -0.39 is 0 Å². The molecule has 1 aliphatic rings. The van der Waals surface area contributed by atoms with Gasteiger partial charge in [0, 0.05) is 5.41 Å². The predicted molar refractivity (Wildman–Crippen MR) is 72.3 cm³/mol. The summed E-state index contributed by atoms with van der Waals surface area (Å²) < 4.78 is 0.